The van der Waals surface area contributed by atoms with Crippen LogP contribution in [-0.4, -0.2) is 60.0 Å². The van der Waals surface area contributed by atoms with Crippen molar-refractivity contribution in [3.63, 3.8) is 0 Å². The van der Waals surface area contributed by atoms with Crippen LogP contribution in [0.4, 0.5) is 13.2 Å². The molecule has 1 saturated heterocycles. The predicted octanol–water partition coefficient (Wildman–Crippen LogP) is 3.96. The molecule has 2 aliphatic rings. The highest BCUT2D eigenvalue weighted by atomic mass is 32.1. The van der Waals surface area contributed by atoms with Crippen molar-refractivity contribution in [2.45, 2.75) is 38.5 Å². The van der Waals surface area contributed by atoms with Gasteiger partial charge in [0.2, 0.25) is 0 Å². The molecule has 2 atom stereocenters. The molecule has 0 radical (unpaired) electrons. The number of carbonyl (C=O) groups excluding carboxylic acids is 1. The minimum Gasteiger partial charge on any atom is -0.486 e. The molecule has 0 N–H and O–H groups in total. The van der Waals surface area contributed by atoms with E-state index in [0.29, 0.717) is 19.0 Å². The van der Waals surface area contributed by atoms with Crippen LogP contribution in [-0.2, 0) is 10.2 Å². The molecule has 32 heavy (non-hydrogen) atoms. The molecule has 1 aliphatic carbocycles. The zero-order chi connectivity index (χ0) is 22.9. The summed E-state index contributed by atoms with van der Waals surface area (Å²) in [5, 5.41) is 3.18. The summed E-state index contributed by atoms with van der Waals surface area (Å²) in [4.78, 5) is 23.8. The first-order valence-electron chi connectivity index (χ1n) is 10.4. The fourth-order valence-electron chi connectivity index (χ4n) is 4.20. The Bertz CT molecular complexity index is 983. The number of rotatable bonds is 8. The molecule has 7 nitrogen and oxygen atoms in total. The predicted molar refractivity (Wildman–Crippen MR) is 110 cm³/mol. The minimum absolute atomic E-state index is 0.0704. The summed E-state index contributed by atoms with van der Waals surface area (Å²) >= 11 is 1.65. The Balaban J connectivity index is 1.39. The van der Waals surface area contributed by atoms with Crippen molar-refractivity contribution in [3.8, 4) is 11.6 Å². The van der Waals surface area contributed by atoms with E-state index in [0.717, 1.165) is 23.5 Å². The third-order valence-electron chi connectivity index (χ3n) is 5.85. The van der Waals surface area contributed by atoms with Crippen LogP contribution in [0.25, 0.3) is 0 Å². The second-order valence-corrected chi connectivity index (χ2v) is 8.95. The highest BCUT2D eigenvalue weighted by Gasteiger charge is 2.59. The van der Waals surface area contributed by atoms with Gasteiger partial charge in [0, 0.05) is 23.9 Å². The molecule has 2 aromatic heterocycles. The Morgan fingerprint density at radius 3 is 2.75 bits per heavy atom. The molecule has 2 fully saturated rings. The van der Waals surface area contributed by atoms with Crippen LogP contribution in [0, 0.1) is 12.8 Å². The van der Waals surface area contributed by atoms with E-state index in [9.17, 15) is 18.0 Å². The standard InChI is InChI=1S/C21H24F3N3O4S/c1-3-29-18-16(30-8-9-31-21(22,23)24)5-4-15(26-18)19(28)27-7-6-20(10-14(20)11-27)17-12-32-13(2)25-17/h4-5,12,14H,3,6-11H2,1-2H3/t14-,20+/m1/s1. The smallest absolute Gasteiger partial charge is 0.486 e. The average Bonchev–Trinajstić information content (AvgIpc) is 3.33. The van der Waals surface area contributed by atoms with E-state index >= 15 is 0 Å². The maximum atomic E-state index is 13.1. The second-order valence-electron chi connectivity index (χ2n) is 7.89. The fraction of sp³-hybridized carbons (Fsp3) is 0.571. The molecule has 4 rings (SSSR count). The molecule has 1 saturated carbocycles. The van der Waals surface area contributed by atoms with Gasteiger partial charge in [-0.2, -0.15) is 0 Å². The molecule has 0 spiro atoms. The number of hydrogen-bond donors (Lipinski definition) is 0. The van der Waals surface area contributed by atoms with Gasteiger partial charge in [0.15, 0.2) is 5.75 Å². The topological polar surface area (TPSA) is 73.8 Å². The van der Waals surface area contributed by atoms with Crippen LogP contribution < -0.4 is 9.47 Å². The lowest BCUT2D eigenvalue weighted by molar-refractivity contribution is -0.325. The first kappa shape index (κ1) is 22.8. The van der Waals surface area contributed by atoms with Gasteiger partial charge in [-0.3, -0.25) is 9.53 Å². The van der Waals surface area contributed by atoms with Crippen molar-refractivity contribution >= 4 is 17.2 Å². The number of nitrogens with zero attached hydrogens (tertiary/aromatic N) is 3. The summed E-state index contributed by atoms with van der Waals surface area (Å²) in [6, 6.07) is 2.99. The monoisotopic (exact) mass is 471 g/mol. The van der Waals surface area contributed by atoms with Crippen molar-refractivity contribution in [2.75, 3.05) is 32.9 Å². The summed E-state index contributed by atoms with van der Waals surface area (Å²) in [7, 11) is 0. The summed E-state index contributed by atoms with van der Waals surface area (Å²) in [5.74, 6) is 0.422. The van der Waals surface area contributed by atoms with Crippen LogP contribution in [0.3, 0.4) is 0 Å². The van der Waals surface area contributed by atoms with Gasteiger partial charge in [-0.1, -0.05) is 0 Å². The molecule has 3 heterocycles. The summed E-state index contributed by atoms with van der Waals surface area (Å²) in [6.07, 6.45) is -2.82. The lowest BCUT2D eigenvalue weighted by atomic mass is 9.92. The molecule has 0 unspecified atom stereocenters. The number of pyridine rings is 1. The Labute approximate surface area is 187 Å². The quantitative estimate of drug-likeness (QED) is 0.543. The molecule has 0 aromatic carbocycles. The molecule has 1 amide bonds. The molecular formula is C21H24F3N3O4S. The lowest BCUT2D eigenvalue weighted by Gasteiger charge is -2.31. The van der Waals surface area contributed by atoms with Crippen molar-refractivity contribution < 1.29 is 32.2 Å². The summed E-state index contributed by atoms with van der Waals surface area (Å²) in [5.41, 5.74) is 1.46. The first-order chi connectivity index (χ1) is 15.2. The van der Waals surface area contributed by atoms with Crippen LogP contribution in [0.2, 0.25) is 0 Å². The summed E-state index contributed by atoms with van der Waals surface area (Å²) in [6.45, 7) is 4.27. The minimum atomic E-state index is -4.72. The second kappa shape index (κ2) is 8.86. The van der Waals surface area contributed by atoms with Crippen molar-refractivity contribution in [1.82, 2.24) is 14.9 Å². The van der Waals surface area contributed by atoms with Crippen molar-refractivity contribution in [2.24, 2.45) is 5.92 Å². The van der Waals surface area contributed by atoms with Crippen molar-refractivity contribution in [1.29, 1.82) is 0 Å². The van der Waals surface area contributed by atoms with E-state index in [4.69, 9.17) is 9.47 Å². The average molecular weight is 472 g/mol. The van der Waals surface area contributed by atoms with Crippen LogP contribution in [0.1, 0.15) is 41.0 Å². The van der Waals surface area contributed by atoms with E-state index in [2.05, 4.69) is 20.1 Å². The Hall–Kier alpha value is -2.40. The van der Waals surface area contributed by atoms with E-state index in [-0.39, 0.29) is 41.9 Å². The van der Waals surface area contributed by atoms with Crippen LogP contribution in [0.15, 0.2) is 17.5 Å². The number of fused-ring (bicyclic) bond motifs is 1. The Morgan fingerprint density at radius 2 is 2.09 bits per heavy atom. The number of aromatic nitrogens is 2. The number of piperidine rings is 1. The zero-order valence-corrected chi connectivity index (χ0v) is 18.6. The third kappa shape index (κ3) is 4.83. The van der Waals surface area contributed by atoms with Gasteiger partial charge in [0.1, 0.15) is 12.3 Å². The molecule has 0 bridgehead atoms. The molecule has 2 aromatic rings. The Morgan fingerprint density at radius 1 is 1.28 bits per heavy atom. The van der Waals surface area contributed by atoms with Crippen LogP contribution >= 0.6 is 11.3 Å². The number of likely N-dealkylation sites (tertiary alicyclic amines) is 1. The lowest BCUT2D eigenvalue weighted by Crippen LogP contribution is -2.40. The van der Waals surface area contributed by atoms with E-state index in [1.54, 1.807) is 23.2 Å². The molecular weight excluding hydrogens is 447 g/mol. The maximum Gasteiger partial charge on any atom is 0.522 e. The highest BCUT2D eigenvalue weighted by molar-refractivity contribution is 7.09. The van der Waals surface area contributed by atoms with Gasteiger partial charge in [0.25, 0.3) is 11.8 Å². The number of aryl methyl sites for hydroxylation is 1. The van der Waals surface area contributed by atoms with Gasteiger partial charge in [-0.05, 0) is 44.7 Å². The number of amides is 1. The normalized spacial score (nSPS) is 22.4. The number of hydrogen-bond acceptors (Lipinski definition) is 7. The van der Waals surface area contributed by atoms with E-state index in [1.165, 1.54) is 12.1 Å². The first-order valence-corrected chi connectivity index (χ1v) is 11.3. The van der Waals surface area contributed by atoms with E-state index < -0.39 is 13.0 Å². The summed E-state index contributed by atoms with van der Waals surface area (Å²) < 4.78 is 50.7. The number of thiazole rings is 1. The SMILES string of the molecule is CCOc1nc(C(=O)N2CC[C@]3(c4csc(C)n4)C[C@@H]3C2)ccc1OCCOC(F)(F)F. The molecule has 11 heteroatoms. The van der Waals surface area contributed by atoms with Gasteiger partial charge in [-0.15, -0.1) is 24.5 Å². The number of alkyl halides is 3. The third-order valence-corrected chi connectivity index (χ3v) is 6.62. The fourth-order valence-corrected chi connectivity index (χ4v) is 4.92. The van der Waals surface area contributed by atoms with Gasteiger partial charge < -0.3 is 14.4 Å². The Kier molecular flexibility index (Phi) is 6.30. The van der Waals surface area contributed by atoms with Gasteiger partial charge in [0.05, 0.1) is 23.9 Å². The van der Waals surface area contributed by atoms with Crippen molar-refractivity contribution in [3.05, 3.63) is 33.9 Å². The number of carbonyl (C=O) groups is 1. The molecule has 174 valence electrons. The van der Waals surface area contributed by atoms with Crippen LogP contribution in [0.5, 0.6) is 11.6 Å². The number of ether oxygens (including phenoxy) is 3. The van der Waals surface area contributed by atoms with Gasteiger partial charge >= 0.3 is 6.36 Å². The van der Waals surface area contributed by atoms with E-state index in [1.807, 2.05) is 6.92 Å². The highest BCUT2D eigenvalue weighted by Crippen LogP contribution is 2.59. The molecule has 1 aliphatic heterocycles. The maximum absolute atomic E-state index is 13.1. The zero-order valence-electron chi connectivity index (χ0n) is 17.8. The largest absolute Gasteiger partial charge is 0.522 e. The number of halogens is 3. The van der Waals surface area contributed by atoms with Gasteiger partial charge in [-0.25, -0.2) is 9.97 Å².